The van der Waals surface area contributed by atoms with E-state index in [1.54, 1.807) is 30.7 Å². The fourth-order valence-electron chi connectivity index (χ4n) is 4.51. The molecule has 0 N–H and O–H groups in total. The molecule has 0 saturated heterocycles. The SMILES string of the molecule is CCOC(=O)c1nn(Cc2cccc(OC)c2)c2c1CN(C(=O)c1cc(CC(C)C)nn1C)CC2. The Morgan fingerprint density at radius 3 is 2.69 bits per heavy atom. The lowest BCUT2D eigenvalue weighted by molar-refractivity contribution is 0.0512. The van der Waals surface area contributed by atoms with Crippen LogP contribution in [0.5, 0.6) is 5.75 Å². The molecule has 1 aromatic carbocycles. The van der Waals surface area contributed by atoms with Gasteiger partial charge in [-0.25, -0.2) is 4.79 Å². The van der Waals surface area contributed by atoms with E-state index in [0.29, 0.717) is 37.7 Å². The number of carbonyl (C=O) groups excluding carboxylic acids is 2. The van der Waals surface area contributed by atoms with Crippen molar-refractivity contribution in [3.63, 3.8) is 0 Å². The first-order valence-electron chi connectivity index (χ1n) is 12.0. The Bertz CT molecular complexity index is 1230. The summed E-state index contributed by atoms with van der Waals surface area (Å²) in [7, 11) is 3.43. The van der Waals surface area contributed by atoms with Crippen molar-refractivity contribution in [2.24, 2.45) is 13.0 Å². The summed E-state index contributed by atoms with van der Waals surface area (Å²) >= 11 is 0. The average Bonchev–Trinajstić information content (AvgIpc) is 3.38. The van der Waals surface area contributed by atoms with Crippen LogP contribution in [-0.2, 0) is 37.7 Å². The fraction of sp³-hybridized carbons (Fsp3) is 0.462. The number of carbonyl (C=O) groups is 2. The van der Waals surface area contributed by atoms with Crippen LogP contribution in [0.4, 0.5) is 0 Å². The first-order valence-corrected chi connectivity index (χ1v) is 12.0. The van der Waals surface area contributed by atoms with Gasteiger partial charge in [0.25, 0.3) is 5.91 Å². The van der Waals surface area contributed by atoms with Gasteiger partial charge in [-0.1, -0.05) is 26.0 Å². The molecule has 0 fully saturated rings. The Morgan fingerprint density at radius 1 is 1.17 bits per heavy atom. The molecule has 0 bridgehead atoms. The molecule has 4 rings (SSSR count). The number of amides is 1. The minimum Gasteiger partial charge on any atom is -0.497 e. The van der Waals surface area contributed by atoms with E-state index in [1.807, 2.05) is 35.0 Å². The number of aromatic nitrogens is 4. The number of fused-ring (bicyclic) bond motifs is 1. The highest BCUT2D eigenvalue weighted by atomic mass is 16.5. The number of methoxy groups -OCH3 is 1. The maximum Gasteiger partial charge on any atom is 0.359 e. The quantitative estimate of drug-likeness (QED) is 0.461. The highest BCUT2D eigenvalue weighted by Crippen LogP contribution is 2.26. The maximum absolute atomic E-state index is 13.4. The van der Waals surface area contributed by atoms with Crippen LogP contribution in [-0.4, -0.2) is 56.6 Å². The predicted octanol–water partition coefficient (Wildman–Crippen LogP) is 3.25. The second-order valence-corrected chi connectivity index (χ2v) is 9.22. The Kier molecular flexibility index (Phi) is 7.23. The minimum absolute atomic E-state index is 0.101. The summed E-state index contributed by atoms with van der Waals surface area (Å²) in [6, 6.07) is 9.64. The van der Waals surface area contributed by atoms with Crippen LogP contribution in [0.2, 0.25) is 0 Å². The maximum atomic E-state index is 13.4. The van der Waals surface area contributed by atoms with Gasteiger partial charge in [0.15, 0.2) is 5.69 Å². The van der Waals surface area contributed by atoms with Crippen molar-refractivity contribution < 1.29 is 19.1 Å². The zero-order chi connectivity index (χ0) is 25.1. The molecule has 2 aromatic heterocycles. The second-order valence-electron chi connectivity index (χ2n) is 9.22. The molecule has 1 aliphatic heterocycles. The monoisotopic (exact) mass is 479 g/mol. The van der Waals surface area contributed by atoms with Crippen molar-refractivity contribution in [1.82, 2.24) is 24.5 Å². The van der Waals surface area contributed by atoms with Crippen LogP contribution in [0.15, 0.2) is 30.3 Å². The highest BCUT2D eigenvalue weighted by molar-refractivity contribution is 5.94. The number of benzene rings is 1. The molecule has 0 unspecified atom stereocenters. The Labute approximate surface area is 205 Å². The molecular weight excluding hydrogens is 446 g/mol. The molecular formula is C26H33N5O4. The van der Waals surface area contributed by atoms with Gasteiger partial charge in [0.2, 0.25) is 0 Å². The van der Waals surface area contributed by atoms with Crippen LogP contribution < -0.4 is 4.74 Å². The molecule has 0 atom stereocenters. The third-order valence-corrected chi connectivity index (χ3v) is 6.12. The first-order chi connectivity index (χ1) is 16.8. The van der Waals surface area contributed by atoms with Gasteiger partial charge in [-0.3, -0.25) is 14.2 Å². The molecule has 0 saturated carbocycles. The van der Waals surface area contributed by atoms with Gasteiger partial charge >= 0.3 is 5.97 Å². The van der Waals surface area contributed by atoms with Gasteiger partial charge in [0, 0.05) is 31.3 Å². The molecule has 9 heteroatoms. The number of rotatable bonds is 8. The summed E-state index contributed by atoms with van der Waals surface area (Å²) < 4.78 is 14.1. The van der Waals surface area contributed by atoms with Crippen molar-refractivity contribution in [3.8, 4) is 5.75 Å². The van der Waals surface area contributed by atoms with Crippen LogP contribution >= 0.6 is 0 Å². The number of ether oxygens (including phenoxy) is 2. The molecule has 0 radical (unpaired) electrons. The molecule has 0 spiro atoms. The Morgan fingerprint density at radius 2 is 1.97 bits per heavy atom. The number of hydrogen-bond acceptors (Lipinski definition) is 6. The molecule has 3 aromatic rings. The number of nitrogens with zero attached hydrogens (tertiary/aromatic N) is 5. The second kappa shape index (κ2) is 10.3. The van der Waals surface area contributed by atoms with E-state index in [2.05, 4.69) is 24.0 Å². The Hall–Kier alpha value is -3.62. The number of hydrogen-bond donors (Lipinski definition) is 0. The van der Waals surface area contributed by atoms with Gasteiger partial charge in [0.05, 0.1) is 32.5 Å². The van der Waals surface area contributed by atoms with Gasteiger partial charge in [0.1, 0.15) is 11.4 Å². The van der Waals surface area contributed by atoms with Crippen LogP contribution in [0, 0.1) is 5.92 Å². The van der Waals surface area contributed by atoms with Gasteiger partial charge < -0.3 is 14.4 Å². The summed E-state index contributed by atoms with van der Waals surface area (Å²) in [5.41, 5.74) is 4.43. The number of aryl methyl sites for hydroxylation is 1. The zero-order valence-corrected chi connectivity index (χ0v) is 21.1. The van der Waals surface area contributed by atoms with Crippen molar-refractivity contribution in [2.45, 2.75) is 46.7 Å². The van der Waals surface area contributed by atoms with E-state index in [1.165, 1.54) is 0 Å². The minimum atomic E-state index is -0.470. The number of esters is 1. The van der Waals surface area contributed by atoms with Crippen molar-refractivity contribution in [1.29, 1.82) is 0 Å². The largest absolute Gasteiger partial charge is 0.497 e. The third-order valence-electron chi connectivity index (χ3n) is 6.12. The van der Waals surface area contributed by atoms with Crippen LogP contribution in [0.25, 0.3) is 0 Å². The topological polar surface area (TPSA) is 91.5 Å². The lowest BCUT2D eigenvalue weighted by atomic mass is 10.0. The molecule has 186 valence electrons. The Balaban J connectivity index is 1.63. The zero-order valence-electron chi connectivity index (χ0n) is 21.1. The molecule has 3 heterocycles. The average molecular weight is 480 g/mol. The van der Waals surface area contributed by atoms with E-state index in [-0.39, 0.29) is 18.2 Å². The summed E-state index contributed by atoms with van der Waals surface area (Å²) in [4.78, 5) is 27.9. The van der Waals surface area contributed by atoms with Crippen molar-refractivity contribution >= 4 is 11.9 Å². The third kappa shape index (κ3) is 5.23. The van der Waals surface area contributed by atoms with E-state index in [4.69, 9.17) is 9.47 Å². The smallest absolute Gasteiger partial charge is 0.359 e. The lowest BCUT2D eigenvalue weighted by Crippen LogP contribution is -2.37. The standard InChI is InChI=1S/C26H33N5O4/c1-6-35-26(33)24-21-16-30(25(32)23-14-19(12-17(2)3)27-29(23)4)11-10-22(21)31(28-24)15-18-8-7-9-20(13-18)34-5/h7-9,13-14,17H,6,10-12,15-16H2,1-5H3. The molecule has 1 aliphatic rings. The van der Waals surface area contributed by atoms with Gasteiger partial charge in [-0.05, 0) is 43.0 Å². The molecule has 35 heavy (non-hydrogen) atoms. The summed E-state index contributed by atoms with van der Waals surface area (Å²) in [5, 5.41) is 9.14. The van der Waals surface area contributed by atoms with E-state index in [0.717, 1.165) is 34.7 Å². The van der Waals surface area contributed by atoms with E-state index < -0.39 is 5.97 Å². The van der Waals surface area contributed by atoms with E-state index in [9.17, 15) is 9.59 Å². The van der Waals surface area contributed by atoms with Crippen LogP contribution in [0.3, 0.4) is 0 Å². The van der Waals surface area contributed by atoms with Gasteiger partial charge in [-0.15, -0.1) is 0 Å². The van der Waals surface area contributed by atoms with Crippen molar-refractivity contribution in [2.75, 3.05) is 20.3 Å². The summed E-state index contributed by atoms with van der Waals surface area (Å²) in [5.74, 6) is 0.644. The summed E-state index contributed by atoms with van der Waals surface area (Å²) in [6.45, 7) is 7.60. The first kappa shape index (κ1) is 24.5. The van der Waals surface area contributed by atoms with Gasteiger partial charge in [-0.2, -0.15) is 10.2 Å². The normalized spacial score (nSPS) is 13.1. The van der Waals surface area contributed by atoms with Crippen molar-refractivity contribution in [3.05, 3.63) is 64.2 Å². The predicted molar refractivity (Wildman–Crippen MR) is 130 cm³/mol. The fourth-order valence-corrected chi connectivity index (χ4v) is 4.51. The van der Waals surface area contributed by atoms with E-state index >= 15 is 0 Å². The highest BCUT2D eigenvalue weighted by Gasteiger charge is 2.32. The lowest BCUT2D eigenvalue weighted by Gasteiger charge is -2.27. The van der Waals surface area contributed by atoms with Crippen LogP contribution in [0.1, 0.15) is 64.3 Å². The molecule has 0 aliphatic carbocycles. The molecule has 1 amide bonds. The molecule has 9 nitrogen and oxygen atoms in total. The summed E-state index contributed by atoms with van der Waals surface area (Å²) in [6.07, 6.45) is 1.41.